The number of carbonyl (C=O) groups excluding carboxylic acids is 1. The molecule has 0 radical (unpaired) electrons. The summed E-state index contributed by atoms with van der Waals surface area (Å²) in [7, 11) is 0. The van der Waals surface area contributed by atoms with Crippen molar-refractivity contribution in [1.82, 2.24) is 9.88 Å². The maximum atomic E-state index is 12.6. The first kappa shape index (κ1) is 15.1. The minimum absolute atomic E-state index is 0.0295. The van der Waals surface area contributed by atoms with E-state index in [2.05, 4.69) is 24.1 Å². The van der Waals surface area contributed by atoms with Gasteiger partial charge in [-0.15, -0.1) is 0 Å². The van der Waals surface area contributed by atoms with Crippen LogP contribution in [-0.2, 0) is 0 Å². The Bertz CT molecular complexity index is 484. The van der Waals surface area contributed by atoms with E-state index in [1.54, 1.807) is 0 Å². The monoisotopic (exact) mass is 296 g/mol. The number of nitrogens with two attached hydrogens (primary N) is 1. The molecule has 1 aliphatic rings. The fourth-order valence-electron chi connectivity index (χ4n) is 2.48. The van der Waals surface area contributed by atoms with Gasteiger partial charge >= 0.3 is 0 Å². The zero-order valence-corrected chi connectivity index (χ0v) is 13.3. The van der Waals surface area contributed by atoms with Gasteiger partial charge in [0.1, 0.15) is 10.7 Å². The predicted octanol–water partition coefficient (Wildman–Crippen LogP) is 2.81. The summed E-state index contributed by atoms with van der Waals surface area (Å²) in [5.74, 6) is 0.376. The van der Waals surface area contributed by atoms with E-state index in [1.165, 1.54) is 11.3 Å². The highest BCUT2D eigenvalue weighted by atomic mass is 32.1. The van der Waals surface area contributed by atoms with Gasteiger partial charge in [-0.05, 0) is 31.6 Å². The van der Waals surface area contributed by atoms with Gasteiger partial charge < -0.3 is 16.0 Å². The molecule has 0 aromatic carbocycles. The summed E-state index contributed by atoms with van der Waals surface area (Å²) in [6.45, 7) is 8.93. The number of carbonyl (C=O) groups is 1. The van der Waals surface area contributed by atoms with Gasteiger partial charge in [-0.25, -0.2) is 4.98 Å². The number of nitrogen functional groups attached to an aromatic ring is 1. The zero-order valence-electron chi connectivity index (χ0n) is 12.5. The predicted molar refractivity (Wildman–Crippen MR) is 84.2 cm³/mol. The molecule has 2 heterocycles. The van der Waals surface area contributed by atoms with Crippen LogP contribution < -0.4 is 11.1 Å². The van der Waals surface area contributed by atoms with Crippen molar-refractivity contribution in [2.24, 2.45) is 5.41 Å². The molecule has 1 aromatic heterocycles. The lowest BCUT2D eigenvalue weighted by molar-refractivity contribution is 0.0763. The zero-order chi connectivity index (χ0) is 14.8. The van der Waals surface area contributed by atoms with Crippen molar-refractivity contribution in [1.29, 1.82) is 0 Å². The fraction of sp³-hybridized carbons (Fsp3) is 0.714. The largest absolute Gasteiger partial charge is 0.382 e. The fourth-order valence-corrected chi connectivity index (χ4v) is 3.40. The van der Waals surface area contributed by atoms with E-state index in [4.69, 9.17) is 5.73 Å². The van der Waals surface area contributed by atoms with Gasteiger partial charge in [-0.3, -0.25) is 4.79 Å². The van der Waals surface area contributed by atoms with E-state index in [0.717, 1.165) is 44.0 Å². The molecule has 1 fully saturated rings. The molecule has 112 valence electrons. The highest BCUT2D eigenvalue weighted by molar-refractivity contribution is 7.18. The number of hydrogen-bond donors (Lipinski definition) is 2. The van der Waals surface area contributed by atoms with Crippen molar-refractivity contribution >= 4 is 28.2 Å². The lowest BCUT2D eigenvalue weighted by atomic mass is 9.85. The molecule has 0 aliphatic carbocycles. The number of amides is 1. The smallest absolute Gasteiger partial charge is 0.267 e. The molecule has 3 N–H and O–H groups in total. The number of hydrogen-bond acceptors (Lipinski definition) is 5. The van der Waals surface area contributed by atoms with Crippen LogP contribution in [0.5, 0.6) is 0 Å². The standard InChI is InChI=1S/C14H24N4OS/c1-4-16-13-17-11(15)10(20-13)12(19)18-8-5-6-14(2,3)7-9-18/h4-9,15H2,1-3H3,(H,16,17). The number of anilines is 2. The van der Waals surface area contributed by atoms with Crippen LogP contribution in [-0.4, -0.2) is 35.4 Å². The van der Waals surface area contributed by atoms with Gasteiger partial charge in [0.15, 0.2) is 5.13 Å². The molecule has 1 aliphatic heterocycles. The Kier molecular flexibility index (Phi) is 4.52. The first-order valence-corrected chi connectivity index (χ1v) is 8.04. The van der Waals surface area contributed by atoms with Crippen LogP contribution >= 0.6 is 11.3 Å². The van der Waals surface area contributed by atoms with Crippen molar-refractivity contribution in [3.63, 3.8) is 0 Å². The van der Waals surface area contributed by atoms with E-state index in [9.17, 15) is 4.79 Å². The summed E-state index contributed by atoms with van der Waals surface area (Å²) in [4.78, 5) is 19.3. The number of nitrogens with one attached hydrogen (secondary N) is 1. The number of nitrogens with zero attached hydrogens (tertiary/aromatic N) is 2. The van der Waals surface area contributed by atoms with Crippen LogP contribution in [0.3, 0.4) is 0 Å². The number of thiazole rings is 1. The average Bonchev–Trinajstić information content (AvgIpc) is 2.63. The second kappa shape index (κ2) is 5.99. The second-order valence-corrected chi connectivity index (χ2v) is 7.07. The maximum absolute atomic E-state index is 12.6. The van der Waals surface area contributed by atoms with Crippen LogP contribution in [0.2, 0.25) is 0 Å². The molecular weight excluding hydrogens is 272 g/mol. The van der Waals surface area contributed by atoms with Gasteiger partial charge in [0.25, 0.3) is 5.91 Å². The summed E-state index contributed by atoms with van der Waals surface area (Å²) < 4.78 is 0. The molecule has 0 bridgehead atoms. The molecule has 6 heteroatoms. The van der Waals surface area contributed by atoms with Gasteiger partial charge in [0.05, 0.1) is 0 Å². The third kappa shape index (κ3) is 3.42. The Morgan fingerprint density at radius 3 is 2.90 bits per heavy atom. The normalized spacial score (nSPS) is 18.6. The highest BCUT2D eigenvalue weighted by Gasteiger charge is 2.28. The number of rotatable bonds is 3. The summed E-state index contributed by atoms with van der Waals surface area (Å²) in [5.41, 5.74) is 6.21. The third-order valence-corrected chi connectivity index (χ3v) is 4.82. The Labute approximate surface area is 124 Å². The van der Waals surface area contributed by atoms with E-state index in [0.29, 0.717) is 16.1 Å². The molecule has 0 saturated carbocycles. The van der Waals surface area contributed by atoms with Gasteiger partial charge in [-0.2, -0.15) is 0 Å². The van der Waals surface area contributed by atoms with Gasteiger partial charge in [0.2, 0.25) is 0 Å². The molecule has 2 rings (SSSR count). The number of aromatic nitrogens is 1. The maximum Gasteiger partial charge on any atom is 0.267 e. The Morgan fingerprint density at radius 2 is 2.20 bits per heavy atom. The lowest BCUT2D eigenvalue weighted by Gasteiger charge is -2.23. The van der Waals surface area contributed by atoms with Crippen molar-refractivity contribution in [3.8, 4) is 0 Å². The molecule has 5 nitrogen and oxygen atoms in total. The lowest BCUT2D eigenvalue weighted by Crippen LogP contribution is -2.32. The first-order chi connectivity index (χ1) is 9.43. The topological polar surface area (TPSA) is 71.2 Å². The summed E-state index contributed by atoms with van der Waals surface area (Å²) in [6, 6.07) is 0. The SMILES string of the molecule is CCNc1nc(N)c(C(=O)N2CCCC(C)(C)CC2)s1. The van der Waals surface area contributed by atoms with E-state index < -0.39 is 0 Å². The molecule has 0 atom stereocenters. The Balaban J connectivity index is 2.10. The summed E-state index contributed by atoms with van der Waals surface area (Å²) in [5, 5.41) is 3.83. The summed E-state index contributed by atoms with van der Waals surface area (Å²) in [6.07, 6.45) is 3.26. The molecule has 0 unspecified atom stereocenters. The van der Waals surface area contributed by atoms with E-state index in [1.807, 2.05) is 11.8 Å². The van der Waals surface area contributed by atoms with Crippen LogP contribution in [0, 0.1) is 5.41 Å². The highest BCUT2D eigenvalue weighted by Crippen LogP contribution is 2.32. The van der Waals surface area contributed by atoms with Crippen molar-refractivity contribution < 1.29 is 4.79 Å². The van der Waals surface area contributed by atoms with Crippen LogP contribution in [0.15, 0.2) is 0 Å². The molecular formula is C14H24N4OS. The van der Waals surface area contributed by atoms with Crippen LogP contribution in [0.25, 0.3) is 0 Å². The minimum atomic E-state index is 0.0295. The average molecular weight is 296 g/mol. The molecule has 0 spiro atoms. The molecule has 20 heavy (non-hydrogen) atoms. The van der Waals surface area contributed by atoms with Gasteiger partial charge in [-0.1, -0.05) is 25.2 Å². The quantitative estimate of drug-likeness (QED) is 0.899. The third-order valence-electron chi connectivity index (χ3n) is 3.80. The van der Waals surface area contributed by atoms with Crippen LogP contribution in [0.1, 0.15) is 49.7 Å². The molecule has 1 amide bonds. The second-order valence-electron chi connectivity index (χ2n) is 6.07. The van der Waals surface area contributed by atoms with Crippen molar-refractivity contribution in [3.05, 3.63) is 4.88 Å². The summed E-state index contributed by atoms with van der Waals surface area (Å²) >= 11 is 1.35. The molecule has 1 aromatic rings. The van der Waals surface area contributed by atoms with Gasteiger partial charge in [0, 0.05) is 19.6 Å². The number of likely N-dealkylation sites (tertiary alicyclic amines) is 1. The van der Waals surface area contributed by atoms with E-state index >= 15 is 0 Å². The van der Waals surface area contributed by atoms with Crippen molar-refractivity contribution in [2.75, 3.05) is 30.7 Å². The van der Waals surface area contributed by atoms with E-state index in [-0.39, 0.29) is 5.91 Å². The molecule has 1 saturated heterocycles. The van der Waals surface area contributed by atoms with Crippen LogP contribution in [0.4, 0.5) is 10.9 Å². The van der Waals surface area contributed by atoms with Crippen molar-refractivity contribution in [2.45, 2.75) is 40.0 Å². The Hall–Kier alpha value is -1.30. The first-order valence-electron chi connectivity index (χ1n) is 7.22. The minimum Gasteiger partial charge on any atom is -0.382 e. The Morgan fingerprint density at radius 1 is 1.45 bits per heavy atom.